The van der Waals surface area contributed by atoms with Gasteiger partial charge in [0.1, 0.15) is 5.76 Å². The topological polar surface area (TPSA) is 54.3 Å². The van der Waals surface area contributed by atoms with Crippen molar-refractivity contribution in [3.05, 3.63) is 52.9 Å². The van der Waals surface area contributed by atoms with Gasteiger partial charge in [0.25, 0.3) is 0 Å². The van der Waals surface area contributed by atoms with Gasteiger partial charge in [0.05, 0.1) is 18.8 Å². The van der Waals surface area contributed by atoms with Crippen molar-refractivity contribution in [2.45, 2.75) is 19.9 Å². The number of carbonyl (C=O) groups excluding carboxylic acids is 1. The van der Waals surface area contributed by atoms with Crippen LogP contribution in [0.25, 0.3) is 0 Å². The number of carbonyl (C=O) groups is 1. The number of aryl methyl sites for hydroxylation is 1. The maximum atomic E-state index is 11.9. The molecule has 5 heteroatoms. The number of anilines is 1. The molecule has 1 amide bonds. The highest BCUT2D eigenvalue weighted by Gasteiger charge is 2.11. The highest BCUT2D eigenvalue weighted by atomic mass is 35.5. The van der Waals surface area contributed by atoms with Crippen LogP contribution < -0.4 is 10.6 Å². The third-order valence-electron chi connectivity index (χ3n) is 2.98. The lowest BCUT2D eigenvalue weighted by Gasteiger charge is -2.13. The second-order valence-electron chi connectivity index (χ2n) is 4.62. The number of amides is 1. The summed E-state index contributed by atoms with van der Waals surface area (Å²) in [7, 11) is 0. The van der Waals surface area contributed by atoms with Crippen molar-refractivity contribution in [1.29, 1.82) is 0 Å². The number of hydrogen-bond donors (Lipinski definition) is 2. The summed E-state index contributed by atoms with van der Waals surface area (Å²) in [5, 5.41) is 6.64. The molecule has 2 N–H and O–H groups in total. The molecule has 106 valence electrons. The van der Waals surface area contributed by atoms with Crippen LogP contribution in [0.5, 0.6) is 0 Å². The van der Waals surface area contributed by atoms with E-state index in [-0.39, 0.29) is 18.5 Å². The number of halogens is 1. The second-order valence-corrected chi connectivity index (χ2v) is 5.05. The van der Waals surface area contributed by atoms with Crippen molar-refractivity contribution < 1.29 is 9.21 Å². The Bertz CT molecular complexity index is 582. The van der Waals surface area contributed by atoms with Crippen molar-refractivity contribution >= 4 is 23.2 Å². The van der Waals surface area contributed by atoms with E-state index in [0.717, 1.165) is 17.0 Å². The first-order valence-electron chi connectivity index (χ1n) is 6.39. The highest BCUT2D eigenvalue weighted by Crippen LogP contribution is 2.19. The Labute approximate surface area is 123 Å². The first-order chi connectivity index (χ1) is 9.56. The molecule has 1 aromatic carbocycles. The zero-order valence-corrected chi connectivity index (χ0v) is 12.2. The van der Waals surface area contributed by atoms with Crippen LogP contribution in [0.2, 0.25) is 5.02 Å². The van der Waals surface area contributed by atoms with Gasteiger partial charge in [-0.2, -0.15) is 0 Å². The van der Waals surface area contributed by atoms with E-state index in [1.165, 1.54) is 0 Å². The Morgan fingerprint density at radius 1 is 1.40 bits per heavy atom. The van der Waals surface area contributed by atoms with Crippen LogP contribution in [0, 0.1) is 6.92 Å². The predicted octanol–water partition coefficient (Wildman–Crippen LogP) is 3.53. The SMILES string of the molecule is Cc1cc(Cl)ccc1NCC(=O)NC(C)c1ccco1. The lowest BCUT2D eigenvalue weighted by Crippen LogP contribution is -2.32. The quantitative estimate of drug-likeness (QED) is 0.886. The van der Waals surface area contributed by atoms with Crippen LogP contribution in [0.3, 0.4) is 0 Å². The van der Waals surface area contributed by atoms with Crippen LogP contribution >= 0.6 is 11.6 Å². The van der Waals surface area contributed by atoms with Gasteiger partial charge in [-0.3, -0.25) is 4.79 Å². The van der Waals surface area contributed by atoms with Gasteiger partial charge in [-0.15, -0.1) is 0 Å². The normalized spacial score (nSPS) is 11.9. The number of rotatable bonds is 5. The van der Waals surface area contributed by atoms with Gasteiger partial charge < -0.3 is 15.1 Å². The fourth-order valence-electron chi connectivity index (χ4n) is 1.90. The molecule has 2 rings (SSSR count). The van der Waals surface area contributed by atoms with E-state index in [1.54, 1.807) is 18.4 Å². The molecule has 1 aromatic heterocycles. The third-order valence-corrected chi connectivity index (χ3v) is 3.21. The summed E-state index contributed by atoms with van der Waals surface area (Å²) in [6.45, 7) is 4.02. The van der Waals surface area contributed by atoms with Crippen LogP contribution in [-0.2, 0) is 4.79 Å². The molecular weight excluding hydrogens is 276 g/mol. The van der Waals surface area contributed by atoms with Crippen molar-refractivity contribution in [3.63, 3.8) is 0 Å². The average molecular weight is 293 g/mol. The number of furan rings is 1. The smallest absolute Gasteiger partial charge is 0.239 e. The average Bonchev–Trinajstić information content (AvgIpc) is 2.91. The third kappa shape index (κ3) is 3.78. The lowest BCUT2D eigenvalue weighted by molar-refractivity contribution is -0.120. The molecule has 20 heavy (non-hydrogen) atoms. The summed E-state index contributed by atoms with van der Waals surface area (Å²) in [5.74, 6) is 0.643. The van der Waals surface area contributed by atoms with Crippen LogP contribution in [0.15, 0.2) is 41.0 Å². The standard InChI is InChI=1S/C15H17ClN2O2/c1-10-8-12(16)5-6-13(10)17-9-15(19)18-11(2)14-4-3-7-20-14/h3-8,11,17H,9H2,1-2H3,(H,18,19). The largest absolute Gasteiger partial charge is 0.467 e. The van der Waals surface area contributed by atoms with Gasteiger partial charge in [-0.25, -0.2) is 0 Å². The molecular formula is C15H17ClN2O2. The van der Waals surface area contributed by atoms with Crippen LogP contribution in [0.1, 0.15) is 24.3 Å². The molecule has 0 aliphatic carbocycles. The van der Waals surface area contributed by atoms with Gasteiger partial charge in [0.2, 0.25) is 5.91 Å². The molecule has 1 unspecified atom stereocenters. The van der Waals surface area contributed by atoms with E-state index in [0.29, 0.717) is 5.02 Å². The molecule has 0 fully saturated rings. The molecule has 0 radical (unpaired) electrons. The van der Waals surface area contributed by atoms with Gasteiger partial charge >= 0.3 is 0 Å². The first-order valence-corrected chi connectivity index (χ1v) is 6.77. The van der Waals surface area contributed by atoms with E-state index in [2.05, 4.69) is 10.6 Å². The maximum Gasteiger partial charge on any atom is 0.239 e. The number of hydrogen-bond acceptors (Lipinski definition) is 3. The van der Waals surface area contributed by atoms with Gasteiger partial charge in [-0.05, 0) is 49.7 Å². The zero-order valence-electron chi connectivity index (χ0n) is 11.4. The molecule has 2 aromatic rings. The Balaban J connectivity index is 1.86. The monoisotopic (exact) mass is 292 g/mol. The molecule has 1 atom stereocenters. The summed E-state index contributed by atoms with van der Waals surface area (Å²) in [4.78, 5) is 11.9. The Morgan fingerprint density at radius 2 is 2.20 bits per heavy atom. The minimum atomic E-state index is -0.148. The number of benzene rings is 1. The van der Waals surface area contributed by atoms with E-state index in [1.807, 2.05) is 32.0 Å². The zero-order chi connectivity index (χ0) is 14.5. The van der Waals surface area contributed by atoms with Crippen molar-refractivity contribution in [2.75, 3.05) is 11.9 Å². The van der Waals surface area contributed by atoms with E-state index in [4.69, 9.17) is 16.0 Å². The fraction of sp³-hybridized carbons (Fsp3) is 0.267. The predicted molar refractivity (Wildman–Crippen MR) is 79.9 cm³/mol. The van der Waals surface area contributed by atoms with Crippen LogP contribution in [-0.4, -0.2) is 12.5 Å². The highest BCUT2D eigenvalue weighted by molar-refractivity contribution is 6.30. The van der Waals surface area contributed by atoms with Gasteiger partial charge in [0.15, 0.2) is 0 Å². The van der Waals surface area contributed by atoms with Crippen molar-refractivity contribution in [3.8, 4) is 0 Å². The van der Waals surface area contributed by atoms with Gasteiger partial charge in [0, 0.05) is 10.7 Å². The van der Waals surface area contributed by atoms with E-state index >= 15 is 0 Å². The number of nitrogens with one attached hydrogen (secondary N) is 2. The summed E-state index contributed by atoms with van der Waals surface area (Å²) in [6, 6.07) is 8.99. The molecule has 0 saturated carbocycles. The molecule has 0 aliphatic heterocycles. The van der Waals surface area contributed by atoms with Crippen LogP contribution in [0.4, 0.5) is 5.69 Å². The molecule has 1 heterocycles. The van der Waals surface area contributed by atoms with Crippen molar-refractivity contribution in [1.82, 2.24) is 5.32 Å². The minimum absolute atomic E-state index is 0.0942. The lowest BCUT2D eigenvalue weighted by atomic mass is 10.2. The Morgan fingerprint density at radius 3 is 2.85 bits per heavy atom. The fourth-order valence-corrected chi connectivity index (χ4v) is 2.13. The first kappa shape index (κ1) is 14.5. The maximum absolute atomic E-state index is 11.9. The van der Waals surface area contributed by atoms with Crippen molar-refractivity contribution in [2.24, 2.45) is 0 Å². The molecule has 0 saturated heterocycles. The second kappa shape index (κ2) is 6.48. The van der Waals surface area contributed by atoms with E-state index in [9.17, 15) is 4.79 Å². The molecule has 0 spiro atoms. The molecule has 4 nitrogen and oxygen atoms in total. The molecule has 0 aliphatic rings. The minimum Gasteiger partial charge on any atom is -0.467 e. The summed E-state index contributed by atoms with van der Waals surface area (Å²) in [5.41, 5.74) is 1.90. The summed E-state index contributed by atoms with van der Waals surface area (Å²) in [6.07, 6.45) is 1.59. The van der Waals surface area contributed by atoms with E-state index < -0.39 is 0 Å². The Hall–Kier alpha value is -1.94. The summed E-state index contributed by atoms with van der Waals surface area (Å²) < 4.78 is 5.24. The van der Waals surface area contributed by atoms with Gasteiger partial charge in [-0.1, -0.05) is 11.6 Å². The summed E-state index contributed by atoms with van der Waals surface area (Å²) >= 11 is 5.89. The molecule has 0 bridgehead atoms. The Kier molecular flexibility index (Phi) is 4.69.